The molecule has 0 radical (unpaired) electrons. The third-order valence-corrected chi connectivity index (χ3v) is 15.4. The SMILES string of the molecule is C=C(F)C(=O)N1CCN(c2nc(OCC3CCN(C(=O)C4CCN(Cc5ccc(-n6c(-c7cc(C(C)C)c(O)cc7O)n[nH]c6=O)cc5)CC4)C3)nc3c2CCN(c2cccc4cccc(Cl)c24)C3)CC1CC#N. The van der Waals surface area contributed by atoms with Crippen molar-refractivity contribution in [1.29, 1.82) is 5.26 Å². The molecule has 2 unspecified atom stereocenters. The van der Waals surface area contributed by atoms with E-state index in [0.29, 0.717) is 80.0 Å². The fraction of sp³-hybridized carbons (Fsp3) is 0.400. The molecular weight excluding hydrogens is 965 g/mol. The zero-order valence-electron chi connectivity index (χ0n) is 41.5. The number of phenolic OH excluding ortho intramolecular Hbond substituents is 2. The predicted molar refractivity (Wildman–Crippen MR) is 279 cm³/mol. The van der Waals surface area contributed by atoms with Gasteiger partial charge in [-0.05, 0) is 91.5 Å². The van der Waals surface area contributed by atoms with Crippen molar-refractivity contribution in [2.24, 2.45) is 11.8 Å². The van der Waals surface area contributed by atoms with Crippen LogP contribution in [-0.4, -0.2) is 126 Å². The Bertz CT molecular complexity index is 3220. The summed E-state index contributed by atoms with van der Waals surface area (Å²) in [4.78, 5) is 59.8. The molecule has 4 aromatic carbocycles. The molecule has 3 fully saturated rings. The van der Waals surface area contributed by atoms with Gasteiger partial charge < -0.3 is 34.5 Å². The molecule has 4 aliphatic heterocycles. The molecule has 2 amide bonds. The number of phenols is 2. The van der Waals surface area contributed by atoms with E-state index in [1.807, 2.05) is 73.3 Å². The van der Waals surface area contributed by atoms with Crippen molar-refractivity contribution in [1.82, 2.24) is 39.4 Å². The Morgan fingerprint density at radius 3 is 2.46 bits per heavy atom. The number of piperidine rings is 1. The summed E-state index contributed by atoms with van der Waals surface area (Å²) in [5, 5.41) is 40.2. The van der Waals surface area contributed by atoms with E-state index in [0.717, 1.165) is 65.6 Å². The van der Waals surface area contributed by atoms with Crippen molar-refractivity contribution >= 4 is 45.7 Å². The van der Waals surface area contributed by atoms with Gasteiger partial charge in [-0.3, -0.25) is 14.5 Å². The molecule has 74 heavy (non-hydrogen) atoms. The lowest BCUT2D eigenvalue weighted by Crippen LogP contribution is -2.55. The van der Waals surface area contributed by atoms with Crippen molar-refractivity contribution in [3.8, 4) is 40.7 Å². The third kappa shape index (κ3) is 10.1. The molecule has 0 bridgehead atoms. The Morgan fingerprint density at radius 2 is 1.72 bits per heavy atom. The monoisotopic (exact) mass is 1020 g/mol. The summed E-state index contributed by atoms with van der Waals surface area (Å²) in [5.41, 5.74) is 4.89. The number of rotatable bonds is 13. The smallest absolute Gasteiger partial charge is 0.348 e. The summed E-state index contributed by atoms with van der Waals surface area (Å²) in [6.45, 7) is 12.8. The first-order valence-electron chi connectivity index (χ1n) is 25.3. The molecule has 6 aromatic rings. The molecule has 19 heteroatoms. The van der Waals surface area contributed by atoms with Gasteiger partial charge in [0, 0.05) is 80.4 Å². The molecule has 384 valence electrons. The van der Waals surface area contributed by atoms with Crippen molar-refractivity contribution in [2.45, 2.75) is 71.0 Å². The lowest BCUT2D eigenvalue weighted by Gasteiger charge is -2.42. The summed E-state index contributed by atoms with van der Waals surface area (Å²) in [7, 11) is 0. The summed E-state index contributed by atoms with van der Waals surface area (Å²) >= 11 is 6.78. The summed E-state index contributed by atoms with van der Waals surface area (Å²) in [6, 6.07) is 24.4. The number of fused-ring (bicyclic) bond motifs is 2. The van der Waals surface area contributed by atoms with E-state index in [-0.39, 0.29) is 66.5 Å². The van der Waals surface area contributed by atoms with Gasteiger partial charge in [-0.15, -0.1) is 0 Å². The van der Waals surface area contributed by atoms with Crippen LogP contribution in [0.25, 0.3) is 27.8 Å². The average Bonchev–Trinajstić information content (AvgIpc) is 4.04. The van der Waals surface area contributed by atoms with E-state index in [1.165, 1.54) is 15.5 Å². The number of aromatic hydroxyl groups is 2. The van der Waals surface area contributed by atoms with Crippen LogP contribution in [0.5, 0.6) is 17.5 Å². The quantitative estimate of drug-likeness (QED) is 0.0964. The van der Waals surface area contributed by atoms with Crippen LogP contribution in [0.4, 0.5) is 15.9 Å². The van der Waals surface area contributed by atoms with Gasteiger partial charge in [0.2, 0.25) is 5.91 Å². The van der Waals surface area contributed by atoms with Gasteiger partial charge in [0.05, 0.1) is 53.7 Å². The Hall–Kier alpha value is -7.49. The first-order valence-corrected chi connectivity index (χ1v) is 25.7. The zero-order chi connectivity index (χ0) is 51.8. The molecule has 3 N–H and O–H groups in total. The predicted octanol–water partition coefficient (Wildman–Crippen LogP) is 7.48. The first-order chi connectivity index (χ1) is 35.7. The van der Waals surface area contributed by atoms with E-state index in [2.05, 4.69) is 43.6 Å². The van der Waals surface area contributed by atoms with Crippen LogP contribution in [0.3, 0.4) is 0 Å². The van der Waals surface area contributed by atoms with Gasteiger partial charge in [-0.1, -0.05) is 68.4 Å². The number of nitrogens with zero attached hydrogens (tertiary/aromatic N) is 10. The second kappa shape index (κ2) is 21.2. The molecular formula is C55H59ClFN11O6. The highest BCUT2D eigenvalue weighted by Crippen LogP contribution is 2.40. The van der Waals surface area contributed by atoms with Crippen molar-refractivity contribution in [2.75, 3.05) is 68.8 Å². The molecule has 6 heterocycles. The van der Waals surface area contributed by atoms with Gasteiger partial charge in [-0.2, -0.15) is 20.3 Å². The van der Waals surface area contributed by atoms with Crippen LogP contribution in [0.15, 0.2) is 90.0 Å². The molecule has 17 nitrogen and oxygen atoms in total. The van der Waals surface area contributed by atoms with Crippen molar-refractivity contribution < 1.29 is 28.9 Å². The van der Waals surface area contributed by atoms with E-state index in [4.69, 9.17) is 26.3 Å². The van der Waals surface area contributed by atoms with E-state index in [9.17, 15) is 34.2 Å². The maximum Gasteiger partial charge on any atom is 0.348 e. The minimum absolute atomic E-state index is 0.0186. The molecule has 0 aliphatic carbocycles. The second-order valence-corrected chi connectivity index (χ2v) is 20.6. The second-order valence-electron chi connectivity index (χ2n) is 20.1. The number of piperazine rings is 1. The largest absolute Gasteiger partial charge is 0.508 e. The van der Waals surface area contributed by atoms with Gasteiger partial charge in [0.15, 0.2) is 11.7 Å². The fourth-order valence-electron chi connectivity index (χ4n) is 11.1. The van der Waals surface area contributed by atoms with Crippen LogP contribution in [-0.2, 0) is 29.1 Å². The zero-order valence-corrected chi connectivity index (χ0v) is 42.3. The van der Waals surface area contributed by atoms with Crippen LogP contribution in [0, 0.1) is 23.2 Å². The number of benzene rings is 4. The number of nitriles is 1. The van der Waals surface area contributed by atoms with Crippen LogP contribution >= 0.6 is 11.6 Å². The number of aromatic amines is 1. The van der Waals surface area contributed by atoms with Gasteiger partial charge in [-0.25, -0.2) is 18.9 Å². The van der Waals surface area contributed by atoms with Gasteiger partial charge in [0.1, 0.15) is 17.3 Å². The number of amides is 2. The molecule has 10 rings (SSSR count). The normalized spacial score (nSPS) is 18.5. The first kappa shape index (κ1) is 50.1. The number of nitrogens with one attached hydrogen (secondary N) is 1. The number of halogens is 2. The highest BCUT2D eigenvalue weighted by Gasteiger charge is 2.37. The number of aromatic nitrogens is 5. The molecule has 2 atom stereocenters. The Labute approximate surface area is 433 Å². The Morgan fingerprint density at radius 1 is 0.946 bits per heavy atom. The number of ether oxygens (including phenoxy) is 1. The van der Waals surface area contributed by atoms with Crippen LogP contribution < -0.4 is 20.2 Å². The molecule has 3 saturated heterocycles. The number of likely N-dealkylation sites (tertiary alicyclic amines) is 2. The number of anilines is 2. The lowest BCUT2D eigenvalue weighted by molar-refractivity contribution is -0.136. The maximum absolute atomic E-state index is 14.1. The topological polar surface area (TPSA) is 200 Å². The lowest BCUT2D eigenvalue weighted by atomic mass is 9.95. The highest BCUT2D eigenvalue weighted by molar-refractivity contribution is 6.36. The number of carbonyl (C=O) groups excluding carboxylic acids is 2. The van der Waals surface area contributed by atoms with Gasteiger partial charge >= 0.3 is 11.7 Å². The number of hydrogen-bond acceptors (Lipinski definition) is 13. The third-order valence-electron chi connectivity index (χ3n) is 15.1. The summed E-state index contributed by atoms with van der Waals surface area (Å²) in [6.07, 6.45) is 2.90. The van der Waals surface area contributed by atoms with E-state index >= 15 is 0 Å². The van der Waals surface area contributed by atoms with Gasteiger partial charge in [0.25, 0.3) is 5.91 Å². The minimum Gasteiger partial charge on any atom is -0.508 e. The van der Waals surface area contributed by atoms with Crippen molar-refractivity contribution in [3.63, 3.8) is 0 Å². The van der Waals surface area contributed by atoms with E-state index < -0.39 is 23.5 Å². The summed E-state index contributed by atoms with van der Waals surface area (Å²) in [5.74, 6) is -1.03. The molecule has 2 aromatic heterocycles. The maximum atomic E-state index is 14.1. The fourth-order valence-corrected chi connectivity index (χ4v) is 11.4. The Balaban J connectivity index is 0.775. The standard InChI is InChI=1S/C55H59ClFN11O6/c1-33(2)42-26-43(48(70)27-47(42)69)51-61-62-55(73)68(51)39-12-10-35(11-13-39)28-63-20-16-38(17-21-63)53(72)66-22-15-36(29-66)32-74-54-59-45-31-64(46-9-5-7-37-6-4-8-44(56)49(37)46)23-18-41(45)50(60-54)65-24-25-67(52(71)34(3)57)40(30-65)14-19-58/h4-13,26-27,33,36,38,40,69-70H,3,14-18,20-25,28-32H2,1-2H3,(H,62,73). The number of H-pyrrole nitrogens is 1. The average molecular weight is 1020 g/mol. The van der Waals surface area contributed by atoms with Crippen LogP contribution in [0.1, 0.15) is 67.8 Å². The molecule has 0 spiro atoms. The molecule has 4 aliphatic rings. The number of carbonyl (C=O) groups is 2. The molecule has 0 saturated carbocycles. The van der Waals surface area contributed by atoms with E-state index in [1.54, 1.807) is 6.07 Å². The van der Waals surface area contributed by atoms with Crippen LogP contribution in [0.2, 0.25) is 5.02 Å². The highest BCUT2D eigenvalue weighted by atomic mass is 35.5. The number of hydrogen-bond donors (Lipinski definition) is 3. The van der Waals surface area contributed by atoms with Crippen molar-refractivity contribution in [3.05, 3.63) is 123 Å². The Kier molecular flexibility index (Phi) is 14.3. The summed E-state index contributed by atoms with van der Waals surface area (Å²) < 4.78 is 22.0. The minimum atomic E-state index is -1.06.